The number of nitrogens with zero attached hydrogens (tertiary/aromatic N) is 3. The second-order valence-electron chi connectivity index (χ2n) is 8.83. The SMILES string of the molecule is CC1(C(=O)NCc2cc(-c3ccc(C(F)(F)F)nc3)c(F)cn2)CC(F)CN1S(=O)(=O)c1ccc(F)cc1. The second kappa shape index (κ2) is 9.98. The van der Waals surface area contributed by atoms with Gasteiger partial charge in [-0.25, -0.2) is 21.6 Å². The third-order valence-electron chi connectivity index (χ3n) is 6.13. The number of amides is 1. The average Bonchev–Trinajstić information content (AvgIpc) is 3.19. The number of benzene rings is 1. The van der Waals surface area contributed by atoms with Gasteiger partial charge in [0.15, 0.2) is 0 Å². The Labute approximate surface area is 213 Å². The van der Waals surface area contributed by atoms with Crippen LogP contribution < -0.4 is 5.32 Å². The fourth-order valence-electron chi connectivity index (χ4n) is 4.16. The molecule has 1 saturated heterocycles. The molecule has 0 saturated carbocycles. The van der Waals surface area contributed by atoms with Crippen molar-refractivity contribution in [1.29, 1.82) is 0 Å². The zero-order valence-corrected chi connectivity index (χ0v) is 20.5. The van der Waals surface area contributed by atoms with Crippen LogP contribution in [0.4, 0.5) is 26.3 Å². The Morgan fingerprint density at radius 1 is 1.11 bits per heavy atom. The van der Waals surface area contributed by atoms with Crippen molar-refractivity contribution in [2.75, 3.05) is 6.54 Å². The molecule has 0 aliphatic carbocycles. The highest BCUT2D eigenvalue weighted by atomic mass is 32.2. The number of aromatic nitrogens is 2. The monoisotopic (exact) mass is 558 g/mol. The molecule has 7 nitrogen and oxygen atoms in total. The molecular weight excluding hydrogens is 538 g/mol. The number of nitrogens with one attached hydrogen (secondary N) is 1. The van der Waals surface area contributed by atoms with Crippen molar-refractivity contribution in [3.05, 3.63) is 77.9 Å². The molecule has 38 heavy (non-hydrogen) atoms. The molecular formula is C24H20F6N4O3S. The van der Waals surface area contributed by atoms with Gasteiger partial charge in [0.1, 0.15) is 29.0 Å². The molecule has 4 rings (SSSR count). The summed E-state index contributed by atoms with van der Waals surface area (Å²) in [5.74, 6) is -2.37. The Morgan fingerprint density at radius 3 is 2.39 bits per heavy atom. The van der Waals surface area contributed by atoms with E-state index in [0.29, 0.717) is 10.4 Å². The first-order valence-corrected chi connectivity index (χ1v) is 12.5. The summed E-state index contributed by atoms with van der Waals surface area (Å²) in [6.07, 6.45) is -5.10. The molecule has 202 valence electrons. The molecule has 2 aromatic heterocycles. The third-order valence-corrected chi connectivity index (χ3v) is 8.13. The van der Waals surface area contributed by atoms with Crippen LogP contribution in [0.15, 0.2) is 59.8 Å². The fourth-order valence-corrected chi connectivity index (χ4v) is 5.94. The Morgan fingerprint density at radius 2 is 1.79 bits per heavy atom. The van der Waals surface area contributed by atoms with Crippen LogP contribution in [0.5, 0.6) is 0 Å². The van der Waals surface area contributed by atoms with Crippen LogP contribution in [0.3, 0.4) is 0 Å². The summed E-state index contributed by atoms with van der Waals surface area (Å²) >= 11 is 0. The summed E-state index contributed by atoms with van der Waals surface area (Å²) in [5.41, 5.74) is -2.99. The van der Waals surface area contributed by atoms with E-state index in [2.05, 4.69) is 15.3 Å². The molecule has 1 aliphatic heterocycles. The average molecular weight is 559 g/mol. The zero-order chi connectivity index (χ0) is 27.9. The number of hydrogen-bond donors (Lipinski definition) is 1. The first kappa shape index (κ1) is 27.5. The number of hydrogen-bond acceptors (Lipinski definition) is 5. The number of alkyl halides is 4. The van der Waals surface area contributed by atoms with Gasteiger partial charge in [-0.2, -0.15) is 17.5 Å². The fraction of sp³-hybridized carbons (Fsp3) is 0.292. The normalized spacial score (nSPS) is 20.4. The van der Waals surface area contributed by atoms with E-state index in [4.69, 9.17) is 0 Å². The van der Waals surface area contributed by atoms with E-state index < -0.39 is 64.1 Å². The first-order chi connectivity index (χ1) is 17.7. The lowest BCUT2D eigenvalue weighted by Crippen LogP contribution is -2.55. The molecule has 14 heteroatoms. The summed E-state index contributed by atoms with van der Waals surface area (Å²) in [5, 5.41) is 2.47. The van der Waals surface area contributed by atoms with E-state index in [-0.39, 0.29) is 28.3 Å². The molecule has 2 unspecified atom stereocenters. The summed E-state index contributed by atoms with van der Waals surface area (Å²) in [7, 11) is -4.37. The molecule has 1 N–H and O–H groups in total. The predicted molar refractivity (Wildman–Crippen MR) is 122 cm³/mol. The van der Waals surface area contributed by atoms with Gasteiger partial charge in [0.2, 0.25) is 15.9 Å². The highest BCUT2D eigenvalue weighted by Gasteiger charge is 2.53. The molecule has 0 radical (unpaired) electrons. The van der Waals surface area contributed by atoms with E-state index in [9.17, 15) is 39.6 Å². The third kappa shape index (κ3) is 5.36. The van der Waals surface area contributed by atoms with Crippen molar-refractivity contribution in [3.63, 3.8) is 0 Å². The number of carbonyl (C=O) groups excluding carboxylic acids is 1. The number of halogens is 6. The number of sulfonamides is 1. The lowest BCUT2D eigenvalue weighted by molar-refractivity contribution is -0.141. The van der Waals surface area contributed by atoms with Crippen LogP contribution in [-0.4, -0.2) is 46.9 Å². The smallest absolute Gasteiger partial charge is 0.349 e. The van der Waals surface area contributed by atoms with Gasteiger partial charge in [-0.15, -0.1) is 0 Å². The lowest BCUT2D eigenvalue weighted by Gasteiger charge is -2.32. The predicted octanol–water partition coefficient (Wildman–Crippen LogP) is 4.25. The van der Waals surface area contributed by atoms with Crippen molar-refractivity contribution in [3.8, 4) is 11.1 Å². The molecule has 3 aromatic rings. The minimum Gasteiger partial charge on any atom is -0.349 e. The van der Waals surface area contributed by atoms with Crippen molar-refractivity contribution < 1.29 is 39.6 Å². The highest BCUT2D eigenvalue weighted by Crippen LogP contribution is 2.36. The van der Waals surface area contributed by atoms with Gasteiger partial charge in [-0.05, 0) is 43.3 Å². The molecule has 2 atom stereocenters. The highest BCUT2D eigenvalue weighted by molar-refractivity contribution is 7.89. The Hall–Kier alpha value is -3.52. The minimum absolute atomic E-state index is 0.0325. The van der Waals surface area contributed by atoms with Crippen LogP contribution in [0.2, 0.25) is 0 Å². The molecule has 1 fully saturated rings. The van der Waals surface area contributed by atoms with Crippen LogP contribution >= 0.6 is 0 Å². The molecule has 1 aromatic carbocycles. The largest absolute Gasteiger partial charge is 0.433 e. The summed E-state index contributed by atoms with van der Waals surface area (Å²) in [6.45, 7) is 0.334. The summed E-state index contributed by atoms with van der Waals surface area (Å²) in [4.78, 5) is 20.0. The summed E-state index contributed by atoms with van der Waals surface area (Å²) < 4.78 is 107. The maximum atomic E-state index is 14.4. The summed E-state index contributed by atoms with van der Waals surface area (Å²) in [6, 6.07) is 6.80. The van der Waals surface area contributed by atoms with E-state index in [1.807, 2.05) is 0 Å². The molecule has 0 spiro atoms. The molecule has 1 aliphatic rings. The van der Waals surface area contributed by atoms with Gasteiger partial charge in [-0.1, -0.05) is 6.07 Å². The molecule has 1 amide bonds. The van der Waals surface area contributed by atoms with Crippen molar-refractivity contribution in [2.45, 2.75) is 42.7 Å². The topological polar surface area (TPSA) is 92.3 Å². The minimum atomic E-state index is -4.67. The maximum Gasteiger partial charge on any atom is 0.433 e. The maximum absolute atomic E-state index is 14.4. The van der Waals surface area contributed by atoms with Gasteiger partial charge in [0, 0.05) is 30.3 Å². The van der Waals surface area contributed by atoms with Gasteiger partial charge >= 0.3 is 6.18 Å². The Balaban J connectivity index is 1.54. The molecule has 0 bridgehead atoms. The lowest BCUT2D eigenvalue weighted by atomic mass is 9.98. The van der Waals surface area contributed by atoms with Crippen LogP contribution in [0, 0.1) is 11.6 Å². The van der Waals surface area contributed by atoms with E-state index in [1.165, 1.54) is 13.0 Å². The number of rotatable bonds is 6. The standard InChI is InChI=1S/C24H20F6N4O3S/c1-23(9-16(26)13-34(23)38(36,37)18-5-3-15(25)4-6-18)22(35)33-11-17-8-19(20(27)12-31-17)14-2-7-21(32-10-14)24(28,29)30/h2-8,10,12,16H,9,11,13H2,1H3,(H,33,35). The number of carbonyl (C=O) groups is 1. The van der Waals surface area contributed by atoms with Gasteiger partial charge in [-0.3, -0.25) is 14.8 Å². The Kier molecular flexibility index (Phi) is 7.23. The van der Waals surface area contributed by atoms with E-state index >= 15 is 0 Å². The molecule has 3 heterocycles. The van der Waals surface area contributed by atoms with Crippen LogP contribution in [0.25, 0.3) is 11.1 Å². The van der Waals surface area contributed by atoms with E-state index in [0.717, 1.165) is 42.7 Å². The van der Waals surface area contributed by atoms with E-state index in [1.54, 1.807) is 0 Å². The quantitative estimate of drug-likeness (QED) is 0.457. The van der Waals surface area contributed by atoms with Crippen molar-refractivity contribution in [1.82, 2.24) is 19.6 Å². The number of pyridine rings is 2. The van der Waals surface area contributed by atoms with Crippen molar-refractivity contribution in [2.24, 2.45) is 0 Å². The Bertz CT molecular complexity index is 1450. The second-order valence-corrected chi connectivity index (χ2v) is 10.7. The van der Waals surface area contributed by atoms with Gasteiger partial charge < -0.3 is 5.32 Å². The first-order valence-electron chi connectivity index (χ1n) is 11.1. The van der Waals surface area contributed by atoms with Crippen molar-refractivity contribution >= 4 is 15.9 Å². The zero-order valence-electron chi connectivity index (χ0n) is 19.6. The van der Waals surface area contributed by atoms with Crippen LogP contribution in [0.1, 0.15) is 24.7 Å². The van der Waals surface area contributed by atoms with Crippen LogP contribution in [-0.2, 0) is 27.5 Å². The van der Waals surface area contributed by atoms with Gasteiger partial charge in [0.05, 0.1) is 23.3 Å². The van der Waals surface area contributed by atoms with Gasteiger partial charge in [0.25, 0.3) is 0 Å².